The third-order valence-electron chi connectivity index (χ3n) is 5.41. The van der Waals surface area contributed by atoms with Gasteiger partial charge in [-0.25, -0.2) is 0 Å². The predicted octanol–water partition coefficient (Wildman–Crippen LogP) is 6.92. The Balaban J connectivity index is 1.64. The molecule has 180 valence electrons. The molecule has 1 saturated heterocycles. The Kier molecular flexibility index (Phi) is 7.60. The standard InChI is InChI=1S/C26H21Cl2NO5S/c1-32-21-8-5-15(10-18(21)17-6-9-22(33-2)23(13-17)34-3)12-24-25(30)29(26(31)35-24)14-16-4-7-19(27)20(28)11-16/h4-13H,14H2,1-3H3. The second-order valence-electron chi connectivity index (χ2n) is 7.55. The van der Waals surface area contributed by atoms with E-state index in [1.54, 1.807) is 45.6 Å². The molecule has 2 amide bonds. The molecule has 35 heavy (non-hydrogen) atoms. The van der Waals surface area contributed by atoms with Gasteiger partial charge in [0.25, 0.3) is 11.1 Å². The van der Waals surface area contributed by atoms with Crippen LogP contribution in [0.25, 0.3) is 17.2 Å². The van der Waals surface area contributed by atoms with Crippen molar-refractivity contribution in [1.29, 1.82) is 0 Å². The zero-order valence-electron chi connectivity index (χ0n) is 19.1. The third kappa shape index (κ3) is 5.27. The normalized spacial score (nSPS) is 14.5. The van der Waals surface area contributed by atoms with Gasteiger partial charge < -0.3 is 14.2 Å². The van der Waals surface area contributed by atoms with Crippen LogP contribution in [-0.2, 0) is 11.3 Å². The molecule has 1 aliphatic rings. The van der Waals surface area contributed by atoms with E-state index < -0.39 is 0 Å². The molecule has 1 aliphatic heterocycles. The van der Waals surface area contributed by atoms with Crippen LogP contribution < -0.4 is 14.2 Å². The van der Waals surface area contributed by atoms with Crippen LogP contribution >= 0.6 is 35.0 Å². The molecular formula is C26H21Cl2NO5S. The first-order valence-electron chi connectivity index (χ1n) is 10.4. The van der Waals surface area contributed by atoms with E-state index in [0.29, 0.717) is 37.8 Å². The number of halogens is 2. The van der Waals surface area contributed by atoms with Gasteiger partial charge in [-0.3, -0.25) is 14.5 Å². The van der Waals surface area contributed by atoms with Gasteiger partial charge in [-0.05, 0) is 70.9 Å². The van der Waals surface area contributed by atoms with Crippen molar-refractivity contribution < 1.29 is 23.8 Å². The molecule has 0 N–H and O–H groups in total. The summed E-state index contributed by atoms with van der Waals surface area (Å²) in [6.45, 7) is 0.110. The third-order valence-corrected chi connectivity index (χ3v) is 7.06. The number of thioether (sulfide) groups is 1. The fourth-order valence-corrected chi connectivity index (χ4v) is 4.81. The van der Waals surface area contributed by atoms with E-state index in [0.717, 1.165) is 28.5 Å². The van der Waals surface area contributed by atoms with Crippen molar-refractivity contribution in [3.63, 3.8) is 0 Å². The van der Waals surface area contributed by atoms with Gasteiger partial charge in [0.05, 0.1) is 42.8 Å². The predicted molar refractivity (Wildman–Crippen MR) is 140 cm³/mol. The maximum absolute atomic E-state index is 13.0. The molecule has 3 aromatic rings. The Morgan fingerprint density at radius 1 is 0.829 bits per heavy atom. The highest BCUT2D eigenvalue weighted by Crippen LogP contribution is 2.39. The average molecular weight is 530 g/mol. The molecule has 9 heteroatoms. The fraction of sp³-hybridized carbons (Fsp3) is 0.154. The van der Waals surface area contributed by atoms with Gasteiger partial charge in [0.15, 0.2) is 11.5 Å². The summed E-state index contributed by atoms with van der Waals surface area (Å²) in [6, 6.07) is 16.1. The molecule has 0 aromatic heterocycles. The Hall–Kier alpha value is -3.13. The number of carbonyl (C=O) groups is 2. The van der Waals surface area contributed by atoms with Crippen LogP contribution in [0.3, 0.4) is 0 Å². The van der Waals surface area contributed by atoms with Gasteiger partial charge in [0.1, 0.15) is 5.75 Å². The topological polar surface area (TPSA) is 65.1 Å². The summed E-state index contributed by atoms with van der Waals surface area (Å²) < 4.78 is 16.3. The van der Waals surface area contributed by atoms with E-state index in [9.17, 15) is 9.59 Å². The number of rotatable bonds is 7. The molecule has 0 spiro atoms. The molecule has 0 saturated carbocycles. The Morgan fingerprint density at radius 3 is 2.23 bits per heavy atom. The Morgan fingerprint density at radius 2 is 1.54 bits per heavy atom. The van der Waals surface area contributed by atoms with Crippen molar-refractivity contribution in [1.82, 2.24) is 4.90 Å². The molecule has 1 fully saturated rings. The summed E-state index contributed by atoms with van der Waals surface area (Å²) in [5.74, 6) is 1.49. The van der Waals surface area contributed by atoms with Crippen LogP contribution in [0, 0.1) is 0 Å². The smallest absolute Gasteiger partial charge is 0.293 e. The SMILES string of the molecule is COc1ccc(-c2cc(C=C3SC(=O)N(Cc4ccc(Cl)c(Cl)c4)C3=O)ccc2OC)cc1OC. The van der Waals surface area contributed by atoms with E-state index in [-0.39, 0.29) is 17.7 Å². The Bertz CT molecular complexity index is 1340. The van der Waals surface area contributed by atoms with E-state index in [1.807, 2.05) is 36.4 Å². The van der Waals surface area contributed by atoms with Crippen LogP contribution in [0.2, 0.25) is 10.0 Å². The number of hydrogen-bond donors (Lipinski definition) is 0. The van der Waals surface area contributed by atoms with Crippen molar-refractivity contribution in [3.8, 4) is 28.4 Å². The summed E-state index contributed by atoms with van der Waals surface area (Å²) in [6.07, 6.45) is 1.70. The lowest BCUT2D eigenvalue weighted by atomic mass is 10.0. The fourth-order valence-electron chi connectivity index (χ4n) is 3.65. The minimum Gasteiger partial charge on any atom is -0.496 e. The van der Waals surface area contributed by atoms with Gasteiger partial charge in [-0.2, -0.15) is 0 Å². The van der Waals surface area contributed by atoms with Gasteiger partial charge in [-0.15, -0.1) is 0 Å². The summed E-state index contributed by atoms with van der Waals surface area (Å²) in [5, 5.41) is 0.433. The highest BCUT2D eigenvalue weighted by Gasteiger charge is 2.35. The first-order chi connectivity index (χ1) is 16.8. The molecule has 0 aliphatic carbocycles. The van der Waals surface area contributed by atoms with E-state index in [2.05, 4.69) is 0 Å². The van der Waals surface area contributed by atoms with Crippen LogP contribution in [0.15, 0.2) is 59.5 Å². The zero-order chi connectivity index (χ0) is 25.1. The number of hydrogen-bond acceptors (Lipinski definition) is 6. The average Bonchev–Trinajstić information content (AvgIpc) is 3.12. The molecule has 0 radical (unpaired) electrons. The lowest BCUT2D eigenvalue weighted by Crippen LogP contribution is -2.27. The number of methoxy groups -OCH3 is 3. The van der Waals surface area contributed by atoms with Crippen molar-refractivity contribution in [2.75, 3.05) is 21.3 Å². The minimum absolute atomic E-state index is 0.110. The van der Waals surface area contributed by atoms with Gasteiger partial charge in [0.2, 0.25) is 0 Å². The molecule has 4 rings (SSSR count). The summed E-state index contributed by atoms with van der Waals surface area (Å²) in [5.41, 5.74) is 3.11. The van der Waals surface area contributed by atoms with Gasteiger partial charge in [0, 0.05) is 5.56 Å². The maximum atomic E-state index is 13.0. The second-order valence-corrected chi connectivity index (χ2v) is 9.35. The van der Waals surface area contributed by atoms with Crippen molar-refractivity contribution in [2.45, 2.75) is 6.54 Å². The van der Waals surface area contributed by atoms with Crippen molar-refractivity contribution in [2.24, 2.45) is 0 Å². The van der Waals surface area contributed by atoms with Crippen LogP contribution in [0.1, 0.15) is 11.1 Å². The molecule has 1 heterocycles. The summed E-state index contributed by atoms with van der Waals surface area (Å²) in [7, 11) is 4.74. The minimum atomic E-state index is -0.366. The molecule has 0 bridgehead atoms. The number of benzene rings is 3. The number of imide groups is 1. The lowest BCUT2D eigenvalue weighted by molar-refractivity contribution is -0.123. The Labute approximate surface area is 217 Å². The second kappa shape index (κ2) is 10.6. The highest BCUT2D eigenvalue weighted by atomic mass is 35.5. The van der Waals surface area contributed by atoms with Gasteiger partial charge >= 0.3 is 0 Å². The van der Waals surface area contributed by atoms with Crippen molar-refractivity contribution >= 4 is 52.2 Å². The van der Waals surface area contributed by atoms with Crippen molar-refractivity contribution in [3.05, 3.63) is 80.7 Å². The monoisotopic (exact) mass is 529 g/mol. The summed E-state index contributed by atoms with van der Waals surface area (Å²) in [4.78, 5) is 27.1. The molecule has 3 aromatic carbocycles. The van der Waals surface area contributed by atoms with E-state index >= 15 is 0 Å². The van der Waals surface area contributed by atoms with E-state index in [1.165, 1.54) is 4.90 Å². The molecule has 6 nitrogen and oxygen atoms in total. The number of nitrogens with zero attached hydrogens (tertiary/aromatic N) is 1. The summed E-state index contributed by atoms with van der Waals surface area (Å²) >= 11 is 12.9. The maximum Gasteiger partial charge on any atom is 0.293 e. The number of amides is 2. The molecule has 0 unspecified atom stereocenters. The van der Waals surface area contributed by atoms with E-state index in [4.69, 9.17) is 37.4 Å². The van der Waals surface area contributed by atoms with Crippen LogP contribution in [-0.4, -0.2) is 37.4 Å². The molecule has 0 atom stereocenters. The van der Waals surface area contributed by atoms with Crippen LogP contribution in [0.5, 0.6) is 17.2 Å². The lowest BCUT2D eigenvalue weighted by Gasteiger charge is -2.13. The first kappa shape index (κ1) is 25.0. The molecular weight excluding hydrogens is 509 g/mol. The zero-order valence-corrected chi connectivity index (χ0v) is 21.5. The quantitative estimate of drug-likeness (QED) is 0.309. The van der Waals surface area contributed by atoms with Crippen LogP contribution in [0.4, 0.5) is 4.79 Å². The highest BCUT2D eigenvalue weighted by molar-refractivity contribution is 8.18. The number of carbonyl (C=O) groups excluding carboxylic acids is 2. The first-order valence-corrected chi connectivity index (χ1v) is 12.0. The largest absolute Gasteiger partial charge is 0.496 e. The number of ether oxygens (including phenoxy) is 3. The van der Waals surface area contributed by atoms with Gasteiger partial charge in [-0.1, -0.05) is 41.4 Å².